The zero-order valence-corrected chi connectivity index (χ0v) is 20.6. The fourth-order valence-electron chi connectivity index (χ4n) is 3.83. The molecule has 2 heterocycles. The van der Waals surface area contributed by atoms with Crippen molar-refractivity contribution in [1.82, 2.24) is 25.0 Å². The summed E-state index contributed by atoms with van der Waals surface area (Å²) in [5, 5.41) is 9.43. The van der Waals surface area contributed by atoms with Crippen LogP contribution >= 0.6 is 24.0 Å². The first-order valence-corrected chi connectivity index (χ1v) is 9.91. The molecule has 0 aliphatic heterocycles. The number of fused-ring (bicyclic) bond motifs is 1. The Morgan fingerprint density at radius 3 is 2.72 bits per heavy atom. The van der Waals surface area contributed by atoms with Crippen LogP contribution in [0.3, 0.4) is 0 Å². The van der Waals surface area contributed by atoms with Gasteiger partial charge in [0, 0.05) is 62.6 Å². The molecule has 158 valence electrons. The number of para-hydroxylation sites is 1. The minimum atomic E-state index is 0. The highest BCUT2D eigenvalue weighted by atomic mass is 127. The van der Waals surface area contributed by atoms with Crippen LogP contribution in [0.2, 0.25) is 0 Å². The second-order valence-corrected chi connectivity index (χ2v) is 7.72. The molecule has 3 aromatic rings. The fraction of sp³-hybridized carbons (Fsp3) is 0.455. The summed E-state index contributed by atoms with van der Waals surface area (Å²) in [6.07, 6.45) is 3.06. The number of nitrogens with one attached hydrogen (secondary N) is 2. The summed E-state index contributed by atoms with van der Waals surface area (Å²) in [6, 6.07) is 8.48. The number of rotatable bonds is 6. The number of hydrogen-bond acceptors (Lipinski definition) is 2. The Morgan fingerprint density at radius 2 is 2.03 bits per heavy atom. The van der Waals surface area contributed by atoms with Crippen LogP contribution in [0.1, 0.15) is 42.3 Å². The molecular formula is C22H33IN6. The number of aryl methyl sites for hydroxylation is 2. The Balaban J connectivity index is 0.00000300. The number of H-pyrrole nitrogens is 1. The molecule has 7 heteroatoms. The van der Waals surface area contributed by atoms with Crippen molar-refractivity contribution in [2.24, 2.45) is 12.0 Å². The van der Waals surface area contributed by atoms with E-state index in [9.17, 15) is 0 Å². The lowest BCUT2D eigenvalue weighted by atomic mass is 10.1. The summed E-state index contributed by atoms with van der Waals surface area (Å²) >= 11 is 0. The van der Waals surface area contributed by atoms with E-state index in [0.29, 0.717) is 5.92 Å². The summed E-state index contributed by atoms with van der Waals surface area (Å²) in [5.74, 6) is 1.31. The summed E-state index contributed by atoms with van der Waals surface area (Å²) in [7, 11) is 5.89. The van der Waals surface area contributed by atoms with E-state index < -0.39 is 0 Å². The monoisotopic (exact) mass is 508 g/mol. The van der Waals surface area contributed by atoms with E-state index in [-0.39, 0.29) is 24.0 Å². The number of halogens is 1. The Hall–Kier alpha value is -2.03. The van der Waals surface area contributed by atoms with Crippen molar-refractivity contribution in [2.45, 2.75) is 39.7 Å². The lowest BCUT2D eigenvalue weighted by Gasteiger charge is -2.22. The molecule has 6 nitrogen and oxygen atoms in total. The van der Waals surface area contributed by atoms with Crippen molar-refractivity contribution in [3.8, 4) is 0 Å². The molecule has 0 saturated carbocycles. The standard InChI is InChI=1S/C22H32N6.HI/c1-15(2)21-17(14-28(6)26-21)13-27(5)22(23-4)24-12-11-18-16(3)25-20-10-8-7-9-19(18)20;/h7-10,14-15,25H,11-13H2,1-6H3,(H,23,24);1H. The molecule has 0 spiro atoms. The zero-order valence-electron chi connectivity index (χ0n) is 18.3. The van der Waals surface area contributed by atoms with Crippen LogP contribution in [0, 0.1) is 6.92 Å². The second kappa shape index (κ2) is 10.1. The van der Waals surface area contributed by atoms with Gasteiger partial charge in [-0.25, -0.2) is 0 Å². The molecule has 0 bridgehead atoms. The Labute approximate surface area is 190 Å². The van der Waals surface area contributed by atoms with Crippen LogP contribution in [0.25, 0.3) is 10.9 Å². The molecule has 0 fully saturated rings. The normalized spacial score (nSPS) is 11.8. The summed E-state index contributed by atoms with van der Waals surface area (Å²) in [5.41, 5.74) is 6.21. The van der Waals surface area contributed by atoms with Crippen LogP contribution in [0.5, 0.6) is 0 Å². The van der Waals surface area contributed by atoms with Gasteiger partial charge in [-0.1, -0.05) is 32.0 Å². The molecule has 1 aromatic carbocycles. The SMILES string of the molecule is CN=C(NCCc1c(C)[nH]c2ccccc12)N(C)Cc1cn(C)nc1C(C)C.I. The van der Waals surface area contributed by atoms with Gasteiger partial charge in [-0.3, -0.25) is 9.67 Å². The van der Waals surface area contributed by atoms with E-state index >= 15 is 0 Å². The van der Waals surface area contributed by atoms with Crippen molar-refractivity contribution >= 4 is 40.8 Å². The largest absolute Gasteiger partial charge is 0.358 e. The average Bonchev–Trinajstić information content (AvgIpc) is 3.18. The lowest BCUT2D eigenvalue weighted by Crippen LogP contribution is -2.39. The minimum Gasteiger partial charge on any atom is -0.358 e. The summed E-state index contributed by atoms with van der Waals surface area (Å²) < 4.78 is 1.90. The lowest BCUT2D eigenvalue weighted by molar-refractivity contribution is 0.474. The maximum absolute atomic E-state index is 4.61. The van der Waals surface area contributed by atoms with Crippen molar-refractivity contribution < 1.29 is 0 Å². The van der Waals surface area contributed by atoms with Gasteiger partial charge < -0.3 is 15.2 Å². The molecule has 2 aromatic heterocycles. The number of aliphatic imine (C=N–C) groups is 1. The first-order chi connectivity index (χ1) is 13.4. The van der Waals surface area contributed by atoms with E-state index in [0.717, 1.165) is 31.2 Å². The van der Waals surface area contributed by atoms with E-state index in [1.165, 1.54) is 27.7 Å². The third-order valence-electron chi connectivity index (χ3n) is 5.15. The molecule has 0 aliphatic carbocycles. The van der Waals surface area contributed by atoms with Crippen molar-refractivity contribution in [1.29, 1.82) is 0 Å². The van der Waals surface area contributed by atoms with Gasteiger partial charge in [0.25, 0.3) is 0 Å². The van der Waals surface area contributed by atoms with E-state index in [1.54, 1.807) is 0 Å². The maximum Gasteiger partial charge on any atom is 0.193 e. The molecule has 0 radical (unpaired) electrons. The minimum absolute atomic E-state index is 0. The molecule has 0 unspecified atom stereocenters. The fourth-order valence-corrected chi connectivity index (χ4v) is 3.83. The molecule has 2 N–H and O–H groups in total. The van der Waals surface area contributed by atoms with Crippen LogP contribution in [-0.2, 0) is 20.0 Å². The van der Waals surface area contributed by atoms with Gasteiger partial charge in [-0.2, -0.15) is 5.10 Å². The predicted octanol–water partition coefficient (Wildman–Crippen LogP) is 4.20. The quantitative estimate of drug-likeness (QED) is 0.298. The number of hydrogen-bond donors (Lipinski definition) is 2. The van der Waals surface area contributed by atoms with Crippen LogP contribution < -0.4 is 5.32 Å². The summed E-state index contributed by atoms with van der Waals surface area (Å²) in [4.78, 5) is 10.1. The number of aromatic nitrogens is 3. The van der Waals surface area contributed by atoms with Crippen LogP contribution in [0.15, 0.2) is 35.5 Å². The highest BCUT2D eigenvalue weighted by Gasteiger charge is 2.15. The first-order valence-electron chi connectivity index (χ1n) is 9.91. The van der Waals surface area contributed by atoms with Gasteiger partial charge in [0.15, 0.2) is 5.96 Å². The highest BCUT2D eigenvalue weighted by molar-refractivity contribution is 14.0. The van der Waals surface area contributed by atoms with Crippen molar-refractivity contribution in [3.63, 3.8) is 0 Å². The third kappa shape index (κ3) is 5.32. The van der Waals surface area contributed by atoms with E-state index in [2.05, 4.69) is 83.6 Å². The van der Waals surface area contributed by atoms with Gasteiger partial charge in [0.2, 0.25) is 0 Å². The van der Waals surface area contributed by atoms with E-state index in [1.807, 2.05) is 18.8 Å². The highest BCUT2D eigenvalue weighted by Crippen LogP contribution is 2.22. The van der Waals surface area contributed by atoms with Crippen LogP contribution in [0.4, 0.5) is 0 Å². The number of benzene rings is 1. The van der Waals surface area contributed by atoms with Gasteiger partial charge in [-0.05, 0) is 30.9 Å². The van der Waals surface area contributed by atoms with Gasteiger partial charge in [0.05, 0.1) is 5.69 Å². The smallest absolute Gasteiger partial charge is 0.193 e. The molecule has 29 heavy (non-hydrogen) atoms. The Morgan fingerprint density at radius 1 is 1.31 bits per heavy atom. The van der Waals surface area contributed by atoms with Gasteiger partial charge in [-0.15, -0.1) is 24.0 Å². The number of aromatic amines is 1. The Bertz CT molecular complexity index is 969. The molecule has 3 rings (SSSR count). The molecule has 0 atom stereocenters. The maximum atomic E-state index is 4.61. The molecule has 0 aliphatic rings. The molecule has 0 amide bonds. The molecule has 0 saturated heterocycles. The van der Waals surface area contributed by atoms with Gasteiger partial charge in [0.1, 0.15) is 0 Å². The van der Waals surface area contributed by atoms with Crippen LogP contribution in [-0.4, -0.2) is 46.3 Å². The first kappa shape index (κ1) is 23.3. The van der Waals surface area contributed by atoms with Crippen molar-refractivity contribution in [2.75, 3.05) is 20.6 Å². The Kier molecular flexibility index (Phi) is 8.13. The molecular weight excluding hydrogens is 475 g/mol. The average molecular weight is 508 g/mol. The number of nitrogens with zero attached hydrogens (tertiary/aromatic N) is 4. The zero-order chi connectivity index (χ0) is 20.3. The van der Waals surface area contributed by atoms with Gasteiger partial charge >= 0.3 is 0 Å². The summed E-state index contributed by atoms with van der Waals surface area (Å²) in [6.45, 7) is 8.13. The van der Waals surface area contributed by atoms with Crippen molar-refractivity contribution in [3.05, 3.63) is 53.0 Å². The topological polar surface area (TPSA) is 61.2 Å². The van der Waals surface area contributed by atoms with E-state index in [4.69, 9.17) is 0 Å². The second-order valence-electron chi connectivity index (χ2n) is 7.72. The number of guanidine groups is 1. The predicted molar refractivity (Wildman–Crippen MR) is 132 cm³/mol. The third-order valence-corrected chi connectivity index (χ3v) is 5.15.